The summed E-state index contributed by atoms with van der Waals surface area (Å²) >= 11 is 0. The Balaban J connectivity index is 1.39. The first kappa shape index (κ1) is 23.5. The van der Waals surface area contributed by atoms with E-state index in [0.717, 1.165) is 0 Å². The SMILES string of the molecule is Cc1ncc(C[C@H]2CC[C@H](C(=O)N3OCC[C@H]3c3cnc(C)c(F)c3)CC2)c(C(F)(F)F)n1. The molecule has 2 aromatic heterocycles. The van der Waals surface area contributed by atoms with Crippen LogP contribution in [0.3, 0.4) is 0 Å². The molecule has 0 unspecified atom stereocenters. The van der Waals surface area contributed by atoms with Crippen molar-refractivity contribution in [2.75, 3.05) is 6.61 Å². The minimum absolute atomic E-state index is 0.0205. The fourth-order valence-corrected chi connectivity index (χ4v) is 4.69. The molecule has 178 valence electrons. The maximum absolute atomic E-state index is 14.0. The topological polar surface area (TPSA) is 68.2 Å². The molecule has 1 aliphatic carbocycles. The predicted molar refractivity (Wildman–Crippen MR) is 110 cm³/mol. The molecule has 3 heterocycles. The van der Waals surface area contributed by atoms with Crippen LogP contribution in [0.4, 0.5) is 17.6 Å². The highest BCUT2D eigenvalue weighted by molar-refractivity contribution is 5.78. The summed E-state index contributed by atoms with van der Waals surface area (Å²) in [6.45, 7) is 3.37. The fourth-order valence-electron chi connectivity index (χ4n) is 4.69. The summed E-state index contributed by atoms with van der Waals surface area (Å²) in [6.07, 6.45) is 1.46. The molecule has 4 rings (SSSR count). The first-order chi connectivity index (χ1) is 15.6. The van der Waals surface area contributed by atoms with Crippen LogP contribution in [0, 0.1) is 31.5 Å². The molecule has 1 saturated carbocycles. The lowest BCUT2D eigenvalue weighted by molar-refractivity contribution is -0.183. The average Bonchev–Trinajstić information content (AvgIpc) is 3.26. The molecule has 2 aliphatic rings. The van der Waals surface area contributed by atoms with Crippen LogP contribution in [0.2, 0.25) is 0 Å². The number of carbonyl (C=O) groups is 1. The molecule has 1 aliphatic heterocycles. The molecule has 33 heavy (non-hydrogen) atoms. The third-order valence-electron chi connectivity index (χ3n) is 6.51. The monoisotopic (exact) mass is 466 g/mol. The summed E-state index contributed by atoms with van der Waals surface area (Å²) in [5.41, 5.74) is 0.110. The lowest BCUT2D eigenvalue weighted by atomic mass is 9.78. The third kappa shape index (κ3) is 5.15. The number of carbonyl (C=O) groups excluding carboxylic acids is 1. The van der Waals surface area contributed by atoms with E-state index in [1.54, 1.807) is 13.1 Å². The summed E-state index contributed by atoms with van der Waals surface area (Å²) in [4.78, 5) is 30.3. The zero-order valence-corrected chi connectivity index (χ0v) is 18.5. The van der Waals surface area contributed by atoms with Crippen molar-refractivity contribution >= 4 is 5.91 Å². The van der Waals surface area contributed by atoms with E-state index in [9.17, 15) is 22.4 Å². The van der Waals surface area contributed by atoms with Gasteiger partial charge in [-0.2, -0.15) is 13.2 Å². The van der Waals surface area contributed by atoms with Gasteiger partial charge in [-0.3, -0.25) is 14.6 Å². The van der Waals surface area contributed by atoms with Crippen LogP contribution in [0.1, 0.15) is 66.5 Å². The molecule has 1 amide bonds. The molecule has 2 fully saturated rings. The van der Waals surface area contributed by atoms with Gasteiger partial charge >= 0.3 is 6.18 Å². The summed E-state index contributed by atoms with van der Waals surface area (Å²) < 4.78 is 54.1. The Morgan fingerprint density at radius 1 is 1.12 bits per heavy atom. The molecular weight excluding hydrogens is 440 g/mol. The highest BCUT2D eigenvalue weighted by atomic mass is 19.4. The van der Waals surface area contributed by atoms with Crippen LogP contribution in [0.25, 0.3) is 0 Å². The van der Waals surface area contributed by atoms with E-state index < -0.39 is 23.7 Å². The first-order valence-electron chi connectivity index (χ1n) is 11.1. The van der Waals surface area contributed by atoms with E-state index >= 15 is 0 Å². The van der Waals surface area contributed by atoms with E-state index in [2.05, 4.69) is 15.0 Å². The van der Waals surface area contributed by atoms with E-state index in [1.165, 1.54) is 24.3 Å². The quantitative estimate of drug-likeness (QED) is 0.600. The molecule has 1 atom stereocenters. The summed E-state index contributed by atoms with van der Waals surface area (Å²) in [7, 11) is 0. The second-order valence-electron chi connectivity index (χ2n) is 8.85. The van der Waals surface area contributed by atoms with E-state index in [-0.39, 0.29) is 35.6 Å². The van der Waals surface area contributed by atoms with Crippen LogP contribution < -0.4 is 0 Å². The van der Waals surface area contributed by atoms with Crippen molar-refractivity contribution in [2.45, 2.75) is 64.6 Å². The molecule has 2 aromatic rings. The number of pyridine rings is 1. The number of amides is 1. The van der Waals surface area contributed by atoms with Gasteiger partial charge in [0, 0.05) is 30.3 Å². The van der Waals surface area contributed by atoms with Gasteiger partial charge in [-0.25, -0.2) is 19.4 Å². The van der Waals surface area contributed by atoms with Crippen LogP contribution in [0.15, 0.2) is 18.5 Å². The first-order valence-corrected chi connectivity index (χ1v) is 11.1. The number of aromatic nitrogens is 3. The van der Waals surface area contributed by atoms with Crippen molar-refractivity contribution in [1.82, 2.24) is 20.0 Å². The number of rotatable bonds is 4. The number of hydroxylamine groups is 2. The van der Waals surface area contributed by atoms with Crippen LogP contribution in [-0.2, 0) is 22.2 Å². The van der Waals surface area contributed by atoms with Crippen LogP contribution in [0.5, 0.6) is 0 Å². The normalized spacial score (nSPS) is 23.7. The average molecular weight is 466 g/mol. The van der Waals surface area contributed by atoms with Gasteiger partial charge in [-0.15, -0.1) is 0 Å². The number of nitrogens with zero attached hydrogens (tertiary/aromatic N) is 4. The molecule has 1 saturated heterocycles. The largest absolute Gasteiger partial charge is 0.433 e. The molecular formula is C23H26F4N4O2. The lowest BCUT2D eigenvalue weighted by Gasteiger charge is -2.32. The van der Waals surface area contributed by atoms with Crippen LogP contribution in [-0.4, -0.2) is 32.5 Å². The second-order valence-corrected chi connectivity index (χ2v) is 8.85. The van der Waals surface area contributed by atoms with E-state index in [4.69, 9.17) is 4.84 Å². The Morgan fingerprint density at radius 2 is 1.85 bits per heavy atom. The molecule has 6 nitrogen and oxygen atoms in total. The van der Waals surface area contributed by atoms with Gasteiger partial charge in [0.05, 0.1) is 18.3 Å². The highest BCUT2D eigenvalue weighted by Gasteiger charge is 2.39. The van der Waals surface area contributed by atoms with Crippen molar-refractivity contribution in [1.29, 1.82) is 0 Å². The molecule has 0 N–H and O–H groups in total. The van der Waals surface area contributed by atoms with Gasteiger partial charge in [0.1, 0.15) is 11.6 Å². The Bertz CT molecular complexity index is 1020. The Morgan fingerprint density at radius 3 is 2.52 bits per heavy atom. The third-order valence-corrected chi connectivity index (χ3v) is 6.51. The van der Waals surface area contributed by atoms with E-state index in [0.29, 0.717) is 50.0 Å². The number of halogens is 4. The maximum Gasteiger partial charge on any atom is 0.433 e. The van der Waals surface area contributed by atoms with Gasteiger partial charge in [0.2, 0.25) is 5.91 Å². The van der Waals surface area contributed by atoms with Crippen molar-refractivity contribution in [3.63, 3.8) is 0 Å². The summed E-state index contributed by atoms with van der Waals surface area (Å²) in [5, 5.41) is 1.34. The number of aryl methyl sites for hydroxylation is 2. The van der Waals surface area contributed by atoms with Crippen molar-refractivity contribution in [2.24, 2.45) is 11.8 Å². The minimum atomic E-state index is -4.53. The van der Waals surface area contributed by atoms with Crippen molar-refractivity contribution < 1.29 is 27.2 Å². The minimum Gasteiger partial charge on any atom is -0.272 e. The maximum atomic E-state index is 14.0. The Hall–Kier alpha value is -2.62. The molecule has 0 bridgehead atoms. The second kappa shape index (κ2) is 9.32. The van der Waals surface area contributed by atoms with E-state index in [1.807, 2.05) is 0 Å². The smallest absolute Gasteiger partial charge is 0.272 e. The summed E-state index contributed by atoms with van der Waals surface area (Å²) in [6, 6.07) is 0.998. The number of hydrogen-bond acceptors (Lipinski definition) is 5. The zero-order chi connectivity index (χ0) is 23.8. The highest BCUT2D eigenvalue weighted by Crippen LogP contribution is 2.38. The van der Waals surface area contributed by atoms with Crippen LogP contribution >= 0.6 is 0 Å². The molecule has 10 heteroatoms. The molecule has 0 aromatic carbocycles. The van der Waals surface area contributed by atoms with Gasteiger partial charge in [0.15, 0.2) is 5.69 Å². The lowest BCUT2D eigenvalue weighted by Crippen LogP contribution is -2.37. The Kier molecular flexibility index (Phi) is 6.65. The van der Waals surface area contributed by atoms with Gasteiger partial charge < -0.3 is 0 Å². The van der Waals surface area contributed by atoms with Crippen molar-refractivity contribution in [3.8, 4) is 0 Å². The van der Waals surface area contributed by atoms with Crippen molar-refractivity contribution in [3.05, 3.63) is 52.6 Å². The number of alkyl halides is 3. The standard InChI is InChI=1S/C23H26F4N4O2/c1-13-19(24)10-17(11-28-13)20-7-8-33-31(20)22(32)16-5-3-15(4-6-16)9-18-12-29-14(2)30-21(18)23(25,26)27/h10-12,15-16,20H,3-9H2,1-2H3/t15-,16-,20-/m0/s1. The predicted octanol–water partition coefficient (Wildman–Crippen LogP) is 4.90. The fraction of sp³-hybridized carbons (Fsp3) is 0.565. The molecule has 0 spiro atoms. The molecule has 0 radical (unpaired) electrons. The summed E-state index contributed by atoms with van der Waals surface area (Å²) in [5.74, 6) is -0.755. The zero-order valence-electron chi connectivity index (χ0n) is 18.5. The van der Waals surface area contributed by atoms with Gasteiger partial charge in [-0.05, 0) is 63.5 Å². The van der Waals surface area contributed by atoms with Gasteiger partial charge in [-0.1, -0.05) is 0 Å². The Labute approximate surface area is 189 Å². The number of hydrogen-bond donors (Lipinski definition) is 0. The van der Waals surface area contributed by atoms with Gasteiger partial charge in [0.25, 0.3) is 0 Å².